The van der Waals surface area contributed by atoms with Gasteiger partial charge in [0, 0.05) is 0 Å². The summed E-state index contributed by atoms with van der Waals surface area (Å²) in [5.74, 6) is 0. The lowest BCUT2D eigenvalue weighted by Crippen LogP contribution is -2.60. The number of rotatable bonds is 3. The van der Waals surface area contributed by atoms with Crippen molar-refractivity contribution in [1.82, 2.24) is 0 Å². The van der Waals surface area contributed by atoms with E-state index in [9.17, 15) is 0 Å². The van der Waals surface area contributed by atoms with Crippen molar-refractivity contribution in [3.63, 3.8) is 0 Å². The Balaban J connectivity index is 4.75. The van der Waals surface area contributed by atoms with Crippen LogP contribution < -0.4 is 0 Å². The summed E-state index contributed by atoms with van der Waals surface area (Å²) in [5, 5.41) is 0. The van der Waals surface area contributed by atoms with Gasteiger partial charge in [-0.1, -0.05) is 0 Å². The fourth-order valence-corrected chi connectivity index (χ4v) is 70.7. The lowest BCUT2D eigenvalue weighted by Gasteiger charge is -2.27. The number of hydrogen-bond donors (Lipinski definition) is 0. The molecular weight excluding hydrogens is 396 g/mol. The fraction of sp³-hybridized carbons (Fsp3) is 0. The Morgan fingerprint density at radius 2 is 0.750 bits per heavy atom. The van der Waals surface area contributed by atoms with Crippen LogP contribution in [0.15, 0.2) is 0 Å². The first kappa shape index (κ1) is 15.2. The van der Waals surface area contributed by atoms with Crippen LogP contribution >= 0.6 is 88.6 Å². The molecule has 0 bridgehead atoms. The Hall–Kier alpha value is 3.19. The molecule has 0 aliphatic carbocycles. The first-order valence-electron chi connectivity index (χ1n) is 2.46. The lowest BCUT2D eigenvalue weighted by atomic mass is 26.3. The van der Waals surface area contributed by atoms with E-state index in [0.717, 1.165) is 0 Å². The monoisotopic (exact) mass is 394 g/mol. The number of hydrogen-bond acceptors (Lipinski definition) is 0. The van der Waals surface area contributed by atoms with Gasteiger partial charge in [-0.15, -0.1) is 44.3 Å². The predicted molar refractivity (Wildman–Crippen MR) is 72.6 cm³/mol. The maximum atomic E-state index is 5.92. The zero-order valence-electron chi connectivity index (χ0n) is 5.18. The average molecular weight is 398 g/mol. The molecule has 0 N–H and O–H groups in total. The largest absolute Gasteiger partial charge is 0.292 e. The molecule has 0 heterocycles. The van der Waals surface area contributed by atoms with Gasteiger partial charge >= 0.3 is 0 Å². The van der Waals surface area contributed by atoms with Crippen LogP contribution in [0.5, 0.6) is 0 Å². The minimum atomic E-state index is -2.99. The van der Waals surface area contributed by atoms with Gasteiger partial charge in [-0.25, -0.2) is 0 Å². The summed E-state index contributed by atoms with van der Waals surface area (Å²) in [6, 6.07) is 0. The fourth-order valence-electron chi connectivity index (χ4n) is 0.291. The molecule has 0 aliphatic rings. The Bertz CT molecular complexity index is 131. The van der Waals surface area contributed by atoms with Crippen molar-refractivity contribution in [3.8, 4) is 0 Å². The number of halogens is 8. The van der Waals surface area contributed by atoms with E-state index < -0.39 is 25.3 Å². The first-order chi connectivity index (χ1) is 5.14. The van der Waals surface area contributed by atoms with Crippen molar-refractivity contribution < 1.29 is 0 Å². The van der Waals surface area contributed by atoms with Crippen LogP contribution in [0.2, 0.25) is 0 Å². The third-order valence-electron chi connectivity index (χ3n) is 0.993. The highest BCUT2D eigenvalue weighted by Crippen LogP contribution is 2.41. The average Bonchev–Trinajstić information content (AvgIpc) is 1.86. The smallest absolute Gasteiger partial charge is 0.151 e. The van der Waals surface area contributed by atoms with Crippen LogP contribution in [0.1, 0.15) is 0 Å². The molecule has 0 rings (SSSR count). The molecule has 0 aromatic carbocycles. The maximum Gasteiger partial charge on any atom is 0.292 e. The third kappa shape index (κ3) is 3.35. The molecule has 0 atom stereocenters. The van der Waals surface area contributed by atoms with Gasteiger partial charge in [0.25, 0.3) is 25.3 Å². The first-order valence-corrected chi connectivity index (χ1v) is 22.1. The minimum Gasteiger partial charge on any atom is -0.151 e. The van der Waals surface area contributed by atoms with E-state index >= 15 is 0 Å². The van der Waals surface area contributed by atoms with Crippen LogP contribution in [0, 0.1) is 0 Å². The topological polar surface area (TPSA) is 0 Å². The minimum absolute atomic E-state index is 2.28. The molecule has 0 aromatic rings. The van der Waals surface area contributed by atoms with E-state index in [1.54, 1.807) is 0 Å². The molecule has 0 nitrogen and oxygen atoms in total. The highest BCUT2D eigenvalue weighted by atomic mass is 35.8. The third-order valence-corrected chi connectivity index (χ3v) is 80.4. The second-order valence-corrected chi connectivity index (χ2v) is 49.9. The Morgan fingerprint density at radius 3 is 0.833 bits per heavy atom. The molecule has 0 unspecified atom stereocenters. The molecule has 0 amide bonds. The van der Waals surface area contributed by atoms with E-state index in [4.69, 9.17) is 88.6 Å². The van der Waals surface area contributed by atoms with Gasteiger partial charge in [0.2, 0.25) is 0 Å². The van der Waals surface area contributed by atoms with Gasteiger partial charge < -0.3 is 0 Å². The van der Waals surface area contributed by atoms with E-state index in [0.29, 0.717) is 0 Å². The Kier molecular flexibility index (Phi) is 6.96. The summed E-state index contributed by atoms with van der Waals surface area (Å²) >= 11 is 46.4. The maximum absolute atomic E-state index is 5.92. The SMILES string of the molecule is Cl[SiH](Cl)[Si](Cl)(Cl)[Si](Cl)(Cl)[SiH](Cl)Cl. The summed E-state index contributed by atoms with van der Waals surface area (Å²) < 4.78 is 0. The lowest BCUT2D eigenvalue weighted by molar-refractivity contribution is 3.34. The van der Waals surface area contributed by atoms with Crippen LogP contribution in [-0.4, -0.2) is 25.3 Å². The summed E-state index contributed by atoms with van der Waals surface area (Å²) in [6.07, 6.45) is 0. The van der Waals surface area contributed by atoms with Crippen LogP contribution in [0.25, 0.3) is 0 Å². The molecule has 0 aromatic heterocycles. The van der Waals surface area contributed by atoms with Gasteiger partial charge in [0.05, 0.1) is 0 Å². The quantitative estimate of drug-likeness (QED) is 0.505. The van der Waals surface area contributed by atoms with Crippen molar-refractivity contribution in [3.05, 3.63) is 0 Å². The van der Waals surface area contributed by atoms with Crippen molar-refractivity contribution in [1.29, 1.82) is 0 Å². The molecule has 0 aliphatic heterocycles. The van der Waals surface area contributed by atoms with E-state index in [1.807, 2.05) is 0 Å². The van der Waals surface area contributed by atoms with Gasteiger partial charge in [-0.05, 0) is 0 Å². The standard InChI is InChI=1S/Cl8H2Si4/c1-9(2)11(5,6)12(7,8)10(3)4/h9-10H. The van der Waals surface area contributed by atoms with Crippen molar-refractivity contribution >= 4 is 114 Å². The highest BCUT2D eigenvalue weighted by Gasteiger charge is 2.63. The molecular formula is H2Cl8Si4. The Labute approximate surface area is 113 Å². The van der Waals surface area contributed by atoms with Crippen LogP contribution in [0.4, 0.5) is 0 Å². The molecule has 12 heavy (non-hydrogen) atoms. The predicted octanol–water partition coefficient (Wildman–Crippen LogP) is 3.46. The second-order valence-electron chi connectivity index (χ2n) is 1.85. The van der Waals surface area contributed by atoms with Gasteiger partial charge in [-0.3, -0.25) is 0 Å². The summed E-state index contributed by atoms with van der Waals surface area (Å²) in [7, 11) is 0. The zero-order chi connectivity index (χ0) is 10.2. The van der Waals surface area contributed by atoms with Crippen LogP contribution in [-0.2, 0) is 0 Å². The van der Waals surface area contributed by atoms with Crippen molar-refractivity contribution in [2.75, 3.05) is 0 Å². The van der Waals surface area contributed by atoms with Gasteiger partial charge in [0.1, 0.15) is 0 Å². The second kappa shape index (κ2) is 5.50. The summed E-state index contributed by atoms with van der Waals surface area (Å²) in [6.45, 7) is -4.57. The van der Waals surface area contributed by atoms with Crippen molar-refractivity contribution in [2.24, 2.45) is 0 Å². The molecule has 0 radical (unpaired) electrons. The normalized spacial score (nSPS) is 14.5. The van der Waals surface area contributed by atoms with E-state index in [-0.39, 0.29) is 0 Å². The summed E-state index contributed by atoms with van der Waals surface area (Å²) in [5.41, 5.74) is -5.98. The van der Waals surface area contributed by atoms with Crippen LogP contribution in [0.3, 0.4) is 0 Å². The van der Waals surface area contributed by atoms with E-state index in [1.165, 1.54) is 0 Å². The molecule has 74 valence electrons. The molecule has 0 saturated heterocycles. The Morgan fingerprint density at radius 1 is 0.583 bits per heavy atom. The zero-order valence-corrected chi connectivity index (χ0v) is 15.5. The van der Waals surface area contributed by atoms with Gasteiger partial charge in [-0.2, -0.15) is 44.3 Å². The summed E-state index contributed by atoms with van der Waals surface area (Å²) in [4.78, 5) is 0. The van der Waals surface area contributed by atoms with Gasteiger partial charge in [0.15, 0.2) is 0 Å². The molecule has 0 fully saturated rings. The highest BCUT2D eigenvalue weighted by molar-refractivity contribution is 8.22. The molecule has 0 spiro atoms. The van der Waals surface area contributed by atoms with E-state index in [2.05, 4.69) is 0 Å². The molecule has 12 heteroatoms. The van der Waals surface area contributed by atoms with Crippen molar-refractivity contribution in [2.45, 2.75) is 0 Å². The molecule has 0 saturated carbocycles.